The van der Waals surface area contributed by atoms with E-state index in [1.807, 2.05) is 52.0 Å². The third-order valence-corrected chi connectivity index (χ3v) is 4.77. The lowest BCUT2D eigenvalue weighted by Crippen LogP contribution is -2.50. The van der Waals surface area contributed by atoms with Crippen molar-refractivity contribution in [2.24, 2.45) is 5.92 Å². The van der Waals surface area contributed by atoms with Crippen LogP contribution >= 0.6 is 0 Å². The normalized spacial score (nSPS) is 11.9. The van der Waals surface area contributed by atoms with E-state index in [-0.39, 0.29) is 24.1 Å². The predicted octanol–water partition coefficient (Wildman–Crippen LogP) is 4.26. The Balaban J connectivity index is 2.25. The topological polar surface area (TPSA) is 49.4 Å². The van der Waals surface area contributed by atoms with E-state index in [1.54, 1.807) is 17.0 Å². The SMILES string of the molecule is CC[C@H](C(=O)NCC(C)C)N(Cc1cccc(C)c1)C(=O)Cc1ccc(F)cc1. The Labute approximate surface area is 173 Å². The largest absolute Gasteiger partial charge is 0.354 e. The van der Waals surface area contributed by atoms with Crippen LogP contribution in [0.2, 0.25) is 0 Å². The second kappa shape index (κ2) is 10.7. The van der Waals surface area contributed by atoms with Gasteiger partial charge in [-0.15, -0.1) is 0 Å². The van der Waals surface area contributed by atoms with Gasteiger partial charge in [0.25, 0.3) is 0 Å². The Morgan fingerprint density at radius 3 is 2.34 bits per heavy atom. The van der Waals surface area contributed by atoms with Gasteiger partial charge in [-0.25, -0.2) is 4.39 Å². The predicted molar refractivity (Wildman–Crippen MR) is 114 cm³/mol. The zero-order valence-corrected chi connectivity index (χ0v) is 17.7. The first-order valence-corrected chi connectivity index (χ1v) is 10.2. The maximum Gasteiger partial charge on any atom is 0.242 e. The smallest absolute Gasteiger partial charge is 0.242 e. The van der Waals surface area contributed by atoms with Crippen molar-refractivity contribution in [1.82, 2.24) is 10.2 Å². The first-order chi connectivity index (χ1) is 13.8. The van der Waals surface area contributed by atoms with Crippen molar-refractivity contribution < 1.29 is 14.0 Å². The fraction of sp³-hybridized carbons (Fsp3) is 0.417. The van der Waals surface area contributed by atoms with Crippen molar-refractivity contribution in [1.29, 1.82) is 0 Å². The number of halogens is 1. The monoisotopic (exact) mass is 398 g/mol. The van der Waals surface area contributed by atoms with Crippen LogP contribution in [-0.2, 0) is 22.6 Å². The molecule has 0 aliphatic carbocycles. The maximum absolute atomic E-state index is 13.2. The highest BCUT2D eigenvalue weighted by Crippen LogP contribution is 2.16. The molecule has 0 aliphatic rings. The van der Waals surface area contributed by atoms with Crippen molar-refractivity contribution >= 4 is 11.8 Å². The second-order valence-corrected chi connectivity index (χ2v) is 7.88. The first kappa shape index (κ1) is 22.6. The molecule has 1 N–H and O–H groups in total. The molecule has 0 aromatic heterocycles. The molecule has 4 nitrogen and oxygen atoms in total. The fourth-order valence-corrected chi connectivity index (χ4v) is 3.23. The minimum Gasteiger partial charge on any atom is -0.354 e. The molecule has 0 saturated heterocycles. The van der Waals surface area contributed by atoms with Crippen LogP contribution < -0.4 is 5.32 Å². The van der Waals surface area contributed by atoms with E-state index in [0.29, 0.717) is 25.4 Å². The van der Waals surface area contributed by atoms with Gasteiger partial charge in [-0.05, 0) is 42.5 Å². The van der Waals surface area contributed by atoms with Crippen LogP contribution in [-0.4, -0.2) is 29.3 Å². The van der Waals surface area contributed by atoms with E-state index < -0.39 is 6.04 Å². The number of hydrogen-bond donors (Lipinski definition) is 1. The third-order valence-electron chi connectivity index (χ3n) is 4.77. The summed E-state index contributed by atoms with van der Waals surface area (Å²) >= 11 is 0. The Kier molecular flexibility index (Phi) is 8.37. The highest BCUT2D eigenvalue weighted by atomic mass is 19.1. The number of carbonyl (C=O) groups excluding carboxylic acids is 2. The number of hydrogen-bond acceptors (Lipinski definition) is 2. The fourth-order valence-electron chi connectivity index (χ4n) is 3.23. The standard InChI is InChI=1S/C24H31FN2O2/c1-5-22(24(29)26-15-17(2)3)27(16-20-8-6-7-18(4)13-20)23(28)14-19-9-11-21(25)12-10-19/h6-13,17,22H,5,14-16H2,1-4H3,(H,26,29)/t22-/m1/s1. The zero-order valence-electron chi connectivity index (χ0n) is 17.7. The Hall–Kier alpha value is -2.69. The molecule has 1 atom stereocenters. The Bertz CT molecular complexity index is 818. The highest BCUT2D eigenvalue weighted by molar-refractivity contribution is 5.88. The Morgan fingerprint density at radius 1 is 1.07 bits per heavy atom. The number of benzene rings is 2. The molecule has 2 aromatic carbocycles. The summed E-state index contributed by atoms with van der Waals surface area (Å²) in [7, 11) is 0. The molecule has 0 saturated carbocycles. The molecule has 0 bridgehead atoms. The first-order valence-electron chi connectivity index (χ1n) is 10.2. The van der Waals surface area contributed by atoms with Crippen LogP contribution in [0.3, 0.4) is 0 Å². The molecule has 29 heavy (non-hydrogen) atoms. The summed E-state index contributed by atoms with van der Waals surface area (Å²) in [4.78, 5) is 27.7. The summed E-state index contributed by atoms with van der Waals surface area (Å²) in [5.74, 6) is -0.292. The molecule has 156 valence electrons. The number of aryl methyl sites for hydroxylation is 1. The molecular formula is C24H31FN2O2. The lowest BCUT2D eigenvalue weighted by molar-refractivity contribution is -0.141. The van der Waals surface area contributed by atoms with Gasteiger partial charge in [0, 0.05) is 13.1 Å². The summed E-state index contributed by atoms with van der Waals surface area (Å²) in [5, 5.41) is 2.95. The van der Waals surface area contributed by atoms with Crippen molar-refractivity contribution in [2.45, 2.75) is 53.1 Å². The van der Waals surface area contributed by atoms with Crippen molar-refractivity contribution in [3.05, 3.63) is 71.0 Å². The Morgan fingerprint density at radius 2 is 1.76 bits per heavy atom. The minimum atomic E-state index is -0.554. The number of nitrogens with zero attached hydrogens (tertiary/aromatic N) is 1. The molecule has 2 amide bonds. The van der Waals surface area contributed by atoms with Gasteiger partial charge in [-0.1, -0.05) is 62.7 Å². The van der Waals surface area contributed by atoms with Crippen LogP contribution in [0.1, 0.15) is 43.9 Å². The van der Waals surface area contributed by atoms with Gasteiger partial charge in [-0.2, -0.15) is 0 Å². The summed E-state index contributed by atoms with van der Waals surface area (Å²) in [6, 6.07) is 13.3. The van der Waals surface area contributed by atoms with Crippen LogP contribution in [0.25, 0.3) is 0 Å². The van der Waals surface area contributed by atoms with Crippen molar-refractivity contribution in [2.75, 3.05) is 6.54 Å². The van der Waals surface area contributed by atoms with E-state index in [0.717, 1.165) is 16.7 Å². The maximum atomic E-state index is 13.2. The molecule has 0 unspecified atom stereocenters. The van der Waals surface area contributed by atoms with Crippen molar-refractivity contribution in [3.63, 3.8) is 0 Å². The number of rotatable bonds is 9. The molecular weight excluding hydrogens is 367 g/mol. The molecule has 0 radical (unpaired) electrons. The lowest BCUT2D eigenvalue weighted by Gasteiger charge is -2.31. The number of amides is 2. The lowest BCUT2D eigenvalue weighted by atomic mass is 10.1. The van der Waals surface area contributed by atoms with Crippen LogP contribution in [0.15, 0.2) is 48.5 Å². The van der Waals surface area contributed by atoms with Gasteiger partial charge >= 0.3 is 0 Å². The molecule has 5 heteroatoms. The van der Waals surface area contributed by atoms with Crippen LogP contribution in [0.5, 0.6) is 0 Å². The molecule has 2 aromatic rings. The highest BCUT2D eigenvalue weighted by Gasteiger charge is 2.28. The van der Waals surface area contributed by atoms with Crippen LogP contribution in [0, 0.1) is 18.7 Å². The van der Waals surface area contributed by atoms with E-state index in [4.69, 9.17) is 0 Å². The van der Waals surface area contributed by atoms with Gasteiger partial charge in [0.15, 0.2) is 0 Å². The summed E-state index contributed by atoms with van der Waals surface area (Å²) < 4.78 is 13.2. The average molecular weight is 399 g/mol. The van der Waals surface area contributed by atoms with E-state index in [2.05, 4.69) is 5.32 Å². The zero-order chi connectivity index (χ0) is 21.4. The molecule has 0 aliphatic heterocycles. The second-order valence-electron chi connectivity index (χ2n) is 7.88. The van der Waals surface area contributed by atoms with Gasteiger partial charge in [0.2, 0.25) is 11.8 Å². The minimum absolute atomic E-state index is 0.125. The quantitative estimate of drug-likeness (QED) is 0.686. The molecule has 2 rings (SSSR count). The van der Waals surface area contributed by atoms with Gasteiger partial charge in [-0.3, -0.25) is 9.59 Å². The third kappa shape index (κ3) is 7.00. The van der Waals surface area contributed by atoms with Gasteiger partial charge in [0.1, 0.15) is 11.9 Å². The molecule has 0 spiro atoms. The summed E-state index contributed by atoms with van der Waals surface area (Å²) in [6.07, 6.45) is 0.644. The summed E-state index contributed by atoms with van der Waals surface area (Å²) in [6.45, 7) is 8.90. The van der Waals surface area contributed by atoms with E-state index in [1.165, 1.54) is 12.1 Å². The molecule has 0 fully saturated rings. The molecule has 0 heterocycles. The average Bonchev–Trinajstić information content (AvgIpc) is 2.68. The number of nitrogens with one attached hydrogen (secondary N) is 1. The van der Waals surface area contributed by atoms with Gasteiger partial charge < -0.3 is 10.2 Å². The summed E-state index contributed by atoms with van der Waals surface area (Å²) in [5.41, 5.74) is 2.81. The van der Waals surface area contributed by atoms with E-state index >= 15 is 0 Å². The van der Waals surface area contributed by atoms with Crippen LogP contribution in [0.4, 0.5) is 4.39 Å². The van der Waals surface area contributed by atoms with E-state index in [9.17, 15) is 14.0 Å². The number of carbonyl (C=O) groups is 2. The van der Waals surface area contributed by atoms with Gasteiger partial charge in [0.05, 0.1) is 6.42 Å². The van der Waals surface area contributed by atoms with Crippen molar-refractivity contribution in [3.8, 4) is 0 Å².